The summed E-state index contributed by atoms with van der Waals surface area (Å²) in [6, 6.07) is 2.57. The van der Waals surface area contributed by atoms with Gasteiger partial charge in [0.05, 0.1) is 15.7 Å². The zero-order valence-electron chi connectivity index (χ0n) is 7.80. The van der Waals surface area contributed by atoms with Gasteiger partial charge in [-0.15, -0.1) is 0 Å². The van der Waals surface area contributed by atoms with Crippen LogP contribution in [0.25, 0.3) is 0 Å². The van der Waals surface area contributed by atoms with E-state index >= 15 is 0 Å². The number of anilines is 1. The first-order chi connectivity index (χ1) is 7.40. The minimum Gasteiger partial charge on any atom is -0.370 e. The molecule has 0 aliphatic heterocycles. The first-order valence-electron chi connectivity index (χ1n) is 3.95. The maximum atomic E-state index is 11.2. The molecule has 0 saturated heterocycles. The Hall–Kier alpha value is -0.730. The lowest BCUT2D eigenvalue weighted by atomic mass is 10.3. The Kier molecular flexibility index (Phi) is 4.63. The number of nitrogens with one attached hydrogen (secondary N) is 1. The van der Waals surface area contributed by atoms with Crippen molar-refractivity contribution in [3.8, 4) is 0 Å². The Bertz CT molecular complexity index is 436. The number of nitrogens with zero attached hydrogens (tertiary/aromatic N) is 1. The van der Waals surface area contributed by atoms with E-state index in [9.17, 15) is 4.79 Å². The van der Waals surface area contributed by atoms with Gasteiger partial charge in [0.25, 0.3) is 0 Å². The lowest BCUT2D eigenvalue weighted by Gasteiger charge is -2.07. The summed E-state index contributed by atoms with van der Waals surface area (Å²) in [7, 11) is 0. The largest absolute Gasteiger partial charge is 0.370 e. The molecule has 16 heavy (non-hydrogen) atoms. The highest BCUT2D eigenvalue weighted by Gasteiger charge is 2.10. The predicted molar refractivity (Wildman–Crippen MR) is 74.0 cm³/mol. The second-order valence-corrected chi connectivity index (χ2v) is 4.77. The van der Waals surface area contributed by atoms with Crippen molar-refractivity contribution < 1.29 is 4.79 Å². The van der Waals surface area contributed by atoms with Crippen LogP contribution in [-0.2, 0) is 0 Å². The van der Waals surface area contributed by atoms with Crippen molar-refractivity contribution in [2.45, 2.75) is 0 Å². The molecule has 8 heteroatoms. The Labute approximate surface area is 115 Å². The zero-order chi connectivity index (χ0) is 12.3. The van der Waals surface area contributed by atoms with Crippen LogP contribution in [0.15, 0.2) is 17.1 Å². The molecule has 5 N–H and O–H groups in total. The number of urea groups is 1. The van der Waals surface area contributed by atoms with Crippen molar-refractivity contribution in [1.82, 2.24) is 0 Å². The SMILES string of the molecule is NC(N)=NC(=O)Nc1c(Cl)cc(I)cc1Cl. The van der Waals surface area contributed by atoms with Gasteiger partial charge >= 0.3 is 6.03 Å². The maximum absolute atomic E-state index is 11.2. The van der Waals surface area contributed by atoms with Gasteiger partial charge in [-0.3, -0.25) is 0 Å². The minimum absolute atomic E-state index is 0.277. The van der Waals surface area contributed by atoms with Crippen molar-refractivity contribution in [3.05, 3.63) is 25.7 Å². The zero-order valence-corrected chi connectivity index (χ0v) is 11.5. The molecule has 1 aromatic rings. The first kappa shape index (κ1) is 13.3. The molecule has 1 rings (SSSR count). The quantitative estimate of drug-likeness (QED) is 0.401. The number of carbonyl (C=O) groups is 1. The lowest BCUT2D eigenvalue weighted by Crippen LogP contribution is -2.25. The maximum Gasteiger partial charge on any atom is 0.348 e. The third-order valence-corrected chi connectivity index (χ3v) is 2.69. The van der Waals surface area contributed by atoms with Crippen LogP contribution in [0, 0.1) is 3.57 Å². The van der Waals surface area contributed by atoms with Gasteiger partial charge in [0.15, 0.2) is 5.96 Å². The van der Waals surface area contributed by atoms with Gasteiger partial charge in [-0.05, 0) is 34.7 Å². The van der Waals surface area contributed by atoms with Gasteiger partial charge in [-0.25, -0.2) is 4.79 Å². The Morgan fingerprint density at radius 3 is 2.25 bits per heavy atom. The second-order valence-electron chi connectivity index (χ2n) is 2.71. The van der Waals surface area contributed by atoms with Crippen LogP contribution >= 0.6 is 45.8 Å². The smallest absolute Gasteiger partial charge is 0.348 e. The van der Waals surface area contributed by atoms with Gasteiger partial charge in [0, 0.05) is 3.57 Å². The summed E-state index contributed by atoms with van der Waals surface area (Å²) in [5.74, 6) is -0.338. The summed E-state index contributed by atoms with van der Waals surface area (Å²) < 4.78 is 0.854. The third-order valence-electron chi connectivity index (χ3n) is 1.47. The van der Waals surface area contributed by atoms with E-state index in [0.717, 1.165) is 3.57 Å². The predicted octanol–water partition coefficient (Wildman–Crippen LogP) is 2.40. The molecule has 0 bridgehead atoms. The Morgan fingerprint density at radius 2 is 1.81 bits per heavy atom. The van der Waals surface area contributed by atoms with Crippen LogP contribution in [0.3, 0.4) is 0 Å². The number of benzene rings is 1. The van der Waals surface area contributed by atoms with Crippen LogP contribution in [0.5, 0.6) is 0 Å². The van der Waals surface area contributed by atoms with E-state index < -0.39 is 6.03 Å². The van der Waals surface area contributed by atoms with Crippen LogP contribution in [-0.4, -0.2) is 12.0 Å². The van der Waals surface area contributed by atoms with E-state index in [1.807, 2.05) is 0 Å². The molecule has 0 unspecified atom stereocenters. The van der Waals surface area contributed by atoms with E-state index in [2.05, 4.69) is 32.9 Å². The average molecular weight is 373 g/mol. The molecular formula is C8H7Cl2IN4O. The fraction of sp³-hybridized carbons (Fsp3) is 0. The van der Waals surface area contributed by atoms with E-state index in [1.54, 1.807) is 12.1 Å². The molecule has 1 aromatic carbocycles. The summed E-state index contributed by atoms with van der Waals surface area (Å²) in [4.78, 5) is 14.5. The standard InChI is InChI=1S/C8H7Cl2IN4O/c9-4-1-3(11)2-5(10)6(4)14-8(16)15-7(12)13/h1-2H,(H5,12,13,14,15,16). The Balaban J connectivity index is 2.98. The van der Waals surface area contributed by atoms with E-state index in [0.29, 0.717) is 10.0 Å². The molecule has 5 nitrogen and oxygen atoms in total. The number of carbonyl (C=O) groups excluding carboxylic acids is 1. The number of hydrogen-bond donors (Lipinski definition) is 3. The summed E-state index contributed by atoms with van der Waals surface area (Å²) in [5.41, 5.74) is 10.4. The summed E-state index contributed by atoms with van der Waals surface area (Å²) in [5, 5.41) is 3.01. The number of guanidine groups is 1. The van der Waals surface area contributed by atoms with E-state index in [1.165, 1.54) is 0 Å². The normalized spacial score (nSPS) is 9.69. The van der Waals surface area contributed by atoms with Crippen LogP contribution in [0.2, 0.25) is 10.0 Å². The van der Waals surface area contributed by atoms with Gasteiger partial charge in [0.1, 0.15) is 0 Å². The number of aliphatic imine (C=N–C) groups is 1. The molecule has 0 aliphatic rings. The average Bonchev–Trinajstić information content (AvgIpc) is 2.09. The van der Waals surface area contributed by atoms with Crippen LogP contribution in [0.4, 0.5) is 10.5 Å². The number of halogens is 3. The van der Waals surface area contributed by atoms with Crippen molar-refractivity contribution in [3.63, 3.8) is 0 Å². The Morgan fingerprint density at radius 1 is 1.31 bits per heavy atom. The third kappa shape index (κ3) is 3.69. The van der Waals surface area contributed by atoms with Crippen molar-refractivity contribution in [2.75, 3.05) is 5.32 Å². The van der Waals surface area contributed by atoms with Crippen LogP contribution < -0.4 is 16.8 Å². The number of nitrogens with two attached hydrogens (primary N) is 2. The van der Waals surface area contributed by atoms with Crippen LogP contribution in [0.1, 0.15) is 0 Å². The van der Waals surface area contributed by atoms with Crippen molar-refractivity contribution in [1.29, 1.82) is 0 Å². The number of hydrogen-bond acceptors (Lipinski definition) is 1. The van der Waals surface area contributed by atoms with Crippen molar-refractivity contribution >= 4 is 63.5 Å². The highest BCUT2D eigenvalue weighted by Crippen LogP contribution is 2.32. The highest BCUT2D eigenvalue weighted by atomic mass is 127. The fourth-order valence-corrected chi connectivity index (χ4v) is 2.49. The lowest BCUT2D eigenvalue weighted by molar-refractivity contribution is 0.259. The van der Waals surface area contributed by atoms with Gasteiger partial charge < -0.3 is 16.8 Å². The fourth-order valence-electron chi connectivity index (χ4n) is 0.914. The molecule has 2 amide bonds. The first-order valence-corrected chi connectivity index (χ1v) is 5.79. The molecule has 0 aromatic heterocycles. The summed E-state index contributed by atoms with van der Waals surface area (Å²) >= 11 is 13.9. The topological polar surface area (TPSA) is 93.5 Å². The summed E-state index contributed by atoms with van der Waals surface area (Å²) in [6.45, 7) is 0. The molecule has 0 heterocycles. The molecule has 0 fully saturated rings. The molecule has 0 saturated carbocycles. The van der Waals surface area contributed by atoms with E-state index in [-0.39, 0.29) is 11.6 Å². The molecule has 0 radical (unpaired) electrons. The molecule has 86 valence electrons. The second kappa shape index (κ2) is 5.55. The van der Waals surface area contributed by atoms with Gasteiger partial charge in [0.2, 0.25) is 0 Å². The number of rotatable bonds is 1. The molecule has 0 spiro atoms. The number of amides is 2. The molecule has 0 aliphatic carbocycles. The van der Waals surface area contributed by atoms with Gasteiger partial charge in [-0.1, -0.05) is 23.2 Å². The van der Waals surface area contributed by atoms with Crippen molar-refractivity contribution in [2.24, 2.45) is 16.5 Å². The molecule has 0 atom stereocenters. The molecular weight excluding hydrogens is 366 g/mol. The minimum atomic E-state index is -0.731. The van der Waals surface area contributed by atoms with Gasteiger partial charge in [-0.2, -0.15) is 4.99 Å². The monoisotopic (exact) mass is 372 g/mol. The van der Waals surface area contributed by atoms with E-state index in [4.69, 9.17) is 34.7 Å². The highest BCUT2D eigenvalue weighted by molar-refractivity contribution is 14.1. The summed E-state index contributed by atoms with van der Waals surface area (Å²) in [6.07, 6.45) is 0.